The van der Waals surface area contributed by atoms with E-state index in [2.05, 4.69) is 4.98 Å². The zero-order valence-electron chi connectivity index (χ0n) is 17.7. The van der Waals surface area contributed by atoms with Gasteiger partial charge in [-0.25, -0.2) is 4.98 Å². The highest BCUT2D eigenvalue weighted by Crippen LogP contribution is 2.34. The van der Waals surface area contributed by atoms with E-state index in [1.54, 1.807) is 17.2 Å². The number of hydrogen-bond donors (Lipinski definition) is 1. The van der Waals surface area contributed by atoms with Crippen LogP contribution in [0.2, 0.25) is 0 Å². The molecule has 0 atom stereocenters. The van der Waals surface area contributed by atoms with Crippen molar-refractivity contribution < 1.29 is 22.7 Å². The number of alkyl halides is 3. The Hall–Kier alpha value is -3.03. The molecule has 5 nitrogen and oxygen atoms in total. The molecule has 0 aliphatic carbocycles. The maximum Gasteiger partial charge on any atom is 0.391 e. The van der Waals surface area contributed by atoms with Crippen molar-refractivity contribution in [3.63, 3.8) is 0 Å². The molecule has 32 heavy (non-hydrogen) atoms. The monoisotopic (exact) mass is 445 g/mol. The average molecular weight is 445 g/mol. The largest absolute Gasteiger partial charge is 0.493 e. The van der Waals surface area contributed by atoms with Gasteiger partial charge < -0.3 is 15.4 Å². The van der Waals surface area contributed by atoms with E-state index < -0.39 is 12.1 Å². The van der Waals surface area contributed by atoms with Gasteiger partial charge in [0.05, 0.1) is 12.5 Å². The van der Waals surface area contributed by atoms with Gasteiger partial charge >= 0.3 is 6.18 Å². The minimum atomic E-state index is -4.18. The highest BCUT2D eigenvalue weighted by molar-refractivity contribution is 5.79. The van der Waals surface area contributed by atoms with Crippen LogP contribution in [-0.4, -0.2) is 41.7 Å². The first-order valence-electron chi connectivity index (χ1n) is 10.8. The normalized spacial score (nSPS) is 19.2. The molecule has 1 aromatic heterocycles. The summed E-state index contributed by atoms with van der Waals surface area (Å²) in [6.45, 7) is 0.772. The van der Waals surface area contributed by atoms with E-state index in [1.165, 1.54) is 0 Å². The van der Waals surface area contributed by atoms with Gasteiger partial charge in [-0.2, -0.15) is 13.2 Å². The van der Waals surface area contributed by atoms with Gasteiger partial charge in [0, 0.05) is 37.7 Å². The molecule has 0 unspecified atom stereocenters. The van der Waals surface area contributed by atoms with E-state index in [0.29, 0.717) is 25.3 Å². The number of aromatic nitrogens is 1. The predicted octanol–water partition coefficient (Wildman–Crippen LogP) is 4.77. The predicted molar refractivity (Wildman–Crippen MR) is 116 cm³/mol. The third-order valence-electron chi connectivity index (χ3n) is 6.16. The summed E-state index contributed by atoms with van der Waals surface area (Å²) in [4.78, 5) is 18.4. The van der Waals surface area contributed by atoms with Gasteiger partial charge in [0.1, 0.15) is 11.6 Å². The summed E-state index contributed by atoms with van der Waals surface area (Å²) < 4.78 is 44.5. The van der Waals surface area contributed by atoms with Crippen LogP contribution in [0.5, 0.6) is 5.75 Å². The van der Waals surface area contributed by atoms with Crippen molar-refractivity contribution in [1.29, 1.82) is 0 Å². The quantitative estimate of drug-likeness (QED) is 0.691. The number of nitrogens with two attached hydrogens (primary N) is 1. The number of pyridine rings is 1. The van der Waals surface area contributed by atoms with Gasteiger partial charge in [0.2, 0.25) is 5.91 Å². The molecular weight excluding hydrogens is 419 g/mol. The van der Waals surface area contributed by atoms with E-state index in [9.17, 15) is 18.0 Å². The van der Waals surface area contributed by atoms with Gasteiger partial charge in [-0.05, 0) is 54.7 Å². The Morgan fingerprint density at radius 2 is 1.91 bits per heavy atom. The third-order valence-corrected chi connectivity index (χ3v) is 6.16. The fraction of sp³-hybridized carbons (Fsp3) is 0.417. The molecule has 2 N–H and O–H groups in total. The fourth-order valence-electron chi connectivity index (χ4n) is 4.21. The number of carbonyl (C=O) groups is 1. The van der Waals surface area contributed by atoms with Gasteiger partial charge in [-0.15, -0.1) is 0 Å². The molecule has 2 aliphatic heterocycles. The highest BCUT2D eigenvalue weighted by atomic mass is 19.4. The number of hydrogen-bond acceptors (Lipinski definition) is 4. The molecule has 0 bridgehead atoms. The first-order valence-corrected chi connectivity index (χ1v) is 10.8. The maximum atomic E-state index is 12.9. The van der Waals surface area contributed by atoms with E-state index in [-0.39, 0.29) is 38.3 Å². The van der Waals surface area contributed by atoms with Crippen LogP contribution in [0.1, 0.15) is 31.2 Å². The second-order valence-electron chi connectivity index (χ2n) is 8.33. The molecule has 4 rings (SSSR count). The molecule has 1 saturated heterocycles. The number of carbonyl (C=O) groups excluding carboxylic acids is 1. The summed E-state index contributed by atoms with van der Waals surface area (Å²) in [5.41, 5.74) is 9.58. The summed E-state index contributed by atoms with van der Waals surface area (Å²) in [6, 6.07) is 9.63. The molecule has 1 amide bonds. The molecule has 1 aromatic carbocycles. The van der Waals surface area contributed by atoms with E-state index in [1.807, 2.05) is 30.3 Å². The van der Waals surface area contributed by atoms with Crippen molar-refractivity contribution in [3.8, 4) is 16.9 Å². The number of anilines is 1. The Morgan fingerprint density at radius 3 is 2.59 bits per heavy atom. The zero-order valence-corrected chi connectivity index (χ0v) is 17.7. The Balaban J connectivity index is 1.41. The number of ether oxygens (including phenoxy) is 1. The Morgan fingerprint density at radius 1 is 1.16 bits per heavy atom. The molecule has 0 saturated carbocycles. The standard InChI is InChI=1S/C24H26F3N3O2/c25-24(26,27)20-7-10-30(11-8-20)23(31)13-16-1-2-18-14-17(3-5-21(18)32-12-9-16)19-4-6-22(28)29-15-19/h1,3-6,14-15,20H,2,7-13H2,(H2,28,29)/b16-1+. The Labute approximate surface area is 185 Å². The summed E-state index contributed by atoms with van der Waals surface area (Å²) in [5, 5.41) is 0. The van der Waals surface area contributed by atoms with Crippen LogP contribution in [0.25, 0.3) is 11.1 Å². The van der Waals surface area contributed by atoms with Crippen LogP contribution in [0.3, 0.4) is 0 Å². The van der Waals surface area contributed by atoms with E-state index in [4.69, 9.17) is 10.5 Å². The Kier molecular flexibility index (Phi) is 6.39. The molecule has 8 heteroatoms. The number of halogens is 3. The highest BCUT2D eigenvalue weighted by Gasteiger charge is 2.41. The molecular formula is C24H26F3N3O2. The van der Waals surface area contributed by atoms with Gasteiger partial charge in [-0.3, -0.25) is 4.79 Å². The van der Waals surface area contributed by atoms with Gasteiger partial charge in [-0.1, -0.05) is 17.7 Å². The first kappa shape index (κ1) is 22.2. The SMILES string of the molecule is Nc1ccc(-c2ccc3c(c2)C/C=C(/CC(=O)N2CCC(C(F)(F)F)CC2)CCO3)cn1. The number of piperidine rings is 1. The molecule has 1 fully saturated rings. The van der Waals surface area contributed by atoms with E-state index >= 15 is 0 Å². The second-order valence-corrected chi connectivity index (χ2v) is 8.33. The van der Waals surface area contributed by atoms with Crippen molar-refractivity contribution >= 4 is 11.7 Å². The number of likely N-dealkylation sites (tertiary alicyclic amines) is 1. The molecule has 2 aliphatic rings. The van der Waals surface area contributed by atoms with Crippen LogP contribution < -0.4 is 10.5 Å². The van der Waals surface area contributed by atoms with Crippen LogP contribution >= 0.6 is 0 Å². The lowest BCUT2D eigenvalue weighted by molar-refractivity contribution is -0.186. The molecule has 0 radical (unpaired) electrons. The van der Waals surface area contributed by atoms with Crippen LogP contribution in [0.4, 0.5) is 19.0 Å². The number of nitrogen functional groups attached to an aromatic ring is 1. The zero-order chi connectivity index (χ0) is 22.7. The number of fused-ring (bicyclic) bond motifs is 1. The maximum absolute atomic E-state index is 12.9. The van der Waals surface area contributed by atoms with Crippen LogP contribution in [0, 0.1) is 5.92 Å². The lowest BCUT2D eigenvalue weighted by atomic mass is 9.95. The molecule has 3 heterocycles. The average Bonchev–Trinajstić information content (AvgIpc) is 2.76. The summed E-state index contributed by atoms with van der Waals surface area (Å²) in [5.74, 6) is -0.141. The number of rotatable bonds is 3. The second kappa shape index (κ2) is 9.22. The lowest BCUT2D eigenvalue weighted by Gasteiger charge is -2.33. The number of amides is 1. The molecule has 170 valence electrons. The van der Waals surface area contributed by atoms with Crippen LogP contribution in [-0.2, 0) is 11.2 Å². The summed E-state index contributed by atoms with van der Waals surface area (Å²) in [7, 11) is 0. The number of nitrogens with zero attached hydrogens (tertiary/aromatic N) is 2. The fourth-order valence-corrected chi connectivity index (χ4v) is 4.21. The van der Waals surface area contributed by atoms with Crippen molar-refractivity contribution in [2.24, 2.45) is 5.92 Å². The minimum Gasteiger partial charge on any atom is -0.493 e. The first-order chi connectivity index (χ1) is 15.3. The van der Waals surface area contributed by atoms with Crippen LogP contribution in [0.15, 0.2) is 48.2 Å². The van der Waals surface area contributed by atoms with Crippen molar-refractivity contribution in [2.75, 3.05) is 25.4 Å². The van der Waals surface area contributed by atoms with Gasteiger partial charge in [0.15, 0.2) is 0 Å². The smallest absolute Gasteiger partial charge is 0.391 e. The number of benzene rings is 1. The summed E-state index contributed by atoms with van der Waals surface area (Å²) in [6.07, 6.45) is 1.01. The topological polar surface area (TPSA) is 68.5 Å². The Bertz CT molecular complexity index is 995. The van der Waals surface area contributed by atoms with Gasteiger partial charge in [0.25, 0.3) is 0 Å². The van der Waals surface area contributed by atoms with Crippen molar-refractivity contribution in [1.82, 2.24) is 9.88 Å². The van der Waals surface area contributed by atoms with Crippen molar-refractivity contribution in [3.05, 3.63) is 53.7 Å². The summed E-state index contributed by atoms with van der Waals surface area (Å²) >= 11 is 0. The van der Waals surface area contributed by atoms with Crippen molar-refractivity contribution in [2.45, 2.75) is 38.3 Å². The molecule has 0 spiro atoms. The number of allylic oxidation sites excluding steroid dienone is 1. The minimum absolute atomic E-state index is 0.0203. The third kappa shape index (κ3) is 5.23. The van der Waals surface area contributed by atoms with E-state index in [0.717, 1.165) is 28.0 Å². The molecule has 2 aromatic rings. The lowest BCUT2D eigenvalue weighted by Crippen LogP contribution is -2.42.